The van der Waals surface area contributed by atoms with Gasteiger partial charge in [0.2, 0.25) is 0 Å². The van der Waals surface area contributed by atoms with E-state index in [9.17, 15) is 0 Å². The summed E-state index contributed by atoms with van der Waals surface area (Å²) >= 11 is 0. The number of quaternary nitrogens is 1. The second kappa shape index (κ2) is 9.71. The first-order valence-corrected chi connectivity index (χ1v) is 9.05. The monoisotopic (exact) mass is 337 g/mol. The summed E-state index contributed by atoms with van der Waals surface area (Å²) in [4.78, 5) is 6.27. The van der Waals surface area contributed by atoms with Gasteiger partial charge in [-0.15, -0.1) is 0 Å². The molecule has 0 radical (unpaired) electrons. The van der Waals surface area contributed by atoms with Gasteiger partial charge in [-0.05, 0) is 25.1 Å². The number of benzene rings is 1. The molecule has 1 aromatic rings. The third-order valence-electron chi connectivity index (χ3n) is 4.69. The van der Waals surface area contributed by atoms with E-state index in [1.165, 1.54) is 4.90 Å². The van der Waals surface area contributed by atoms with Crippen LogP contribution in [0.1, 0.15) is 13.3 Å². The van der Waals surface area contributed by atoms with E-state index in [0.717, 1.165) is 76.0 Å². The van der Waals surface area contributed by atoms with Crippen molar-refractivity contribution in [3.8, 4) is 5.75 Å². The van der Waals surface area contributed by atoms with Crippen molar-refractivity contribution in [2.24, 2.45) is 0 Å². The molecule has 4 N–H and O–H groups in total. The van der Waals surface area contributed by atoms with Gasteiger partial charge in [-0.2, -0.15) is 0 Å². The minimum Gasteiger partial charge on any atom is -0.489 e. The Balaban J connectivity index is 1.77. The topological polar surface area (TPSA) is 66.4 Å². The number of nitrogen functional groups attached to an aromatic ring is 1. The van der Waals surface area contributed by atoms with Gasteiger partial charge in [0.1, 0.15) is 18.9 Å². The fourth-order valence-electron chi connectivity index (χ4n) is 3.10. The Morgan fingerprint density at radius 3 is 2.92 bits per heavy atom. The van der Waals surface area contributed by atoms with Crippen LogP contribution in [-0.2, 0) is 0 Å². The molecule has 0 bridgehead atoms. The molecule has 1 aliphatic rings. The van der Waals surface area contributed by atoms with E-state index < -0.39 is 0 Å². The number of hydrogen-bond acceptors (Lipinski definition) is 5. The van der Waals surface area contributed by atoms with Gasteiger partial charge < -0.3 is 25.4 Å². The fraction of sp³-hybridized carbons (Fsp3) is 0.667. The average Bonchev–Trinajstić information content (AvgIpc) is 2.58. The van der Waals surface area contributed by atoms with E-state index in [1.807, 2.05) is 12.1 Å². The minimum absolute atomic E-state index is 0.263. The standard InChI is InChI=1S/C18H32N4O2/c1-3-21(10-9-20(2)11-13-23)7-4-8-22-12-14-24-18-15-16(19)5-6-17(18)22/h5-6,15,23H,3-4,7-14,19H2,1-2H3/p+1. The van der Waals surface area contributed by atoms with Crippen molar-refractivity contribution in [3.05, 3.63) is 18.2 Å². The number of aliphatic hydroxyl groups excluding tert-OH is 1. The SMILES string of the molecule is CCN(CCCN1CCOc2cc(N)ccc21)CC[NH+](C)CCO. The second-order valence-electron chi connectivity index (χ2n) is 6.53. The van der Waals surface area contributed by atoms with E-state index in [-0.39, 0.29) is 6.61 Å². The normalized spacial score (nSPS) is 15.2. The van der Waals surface area contributed by atoms with E-state index in [2.05, 4.69) is 29.8 Å². The maximum Gasteiger partial charge on any atom is 0.144 e. The Morgan fingerprint density at radius 2 is 2.17 bits per heavy atom. The van der Waals surface area contributed by atoms with Crippen molar-refractivity contribution in [1.29, 1.82) is 0 Å². The van der Waals surface area contributed by atoms with Crippen LogP contribution in [0, 0.1) is 0 Å². The molecule has 1 heterocycles. The van der Waals surface area contributed by atoms with Crippen LogP contribution in [0.25, 0.3) is 0 Å². The Kier molecular flexibility index (Phi) is 7.62. The highest BCUT2D eigenvalue weighted by Gasteiger charge is 2.18. The average molecular weight is 337 g/mol. The summed E-state index contributed by atoms with van der Waals surface area (Å²) in [6.45, 7) is 10.3. The zero-order valence-electron chi connectivity index (χ0n) is 15.1. The summed E-state index contributed by atoms with van der Waals surface area (Å²) in [7, 11) is 2.14. The molecule has 136 valence electrons. The molecule has 0 aromatic heterocycles. The van der Waals surface area contributed by atoms with Crippen LogP contribution >= 0.6 is 0 Å². The van der Waals surface area contributed by atoms with Crippen molar-refractivity contribution < 1.29 is 14.7 Å². The van der Waals surface area contributed by atoms with E-state index >= 15 is 0 Å². The lowest BCUT2D eigenvalue weighted by Gasteiger charge is -2.32. The van der Waals surface area contributed by atoms with Crippen molar-refractivity contribution >= 4 is 11.4 Å². The lowest BCUT2D eigenvalue weighted by atomic mass is 10.2. The van der Waals surface area contributed by atoms with Gasteiger partial charge in [0.25, 0.3) is 0 Å². The van der Waals surface area contributed by atoms with Crippen LogP contribution in [0.5, 0.6) is 5.75 Å². The van der Waals surface area contributed by atoms with Crippen molar-refractivity contribution in [2.45, 2.75) is 13.3 Å². The van der Waals surface area contributed by atoms with E-state index in [1.54, 1.807) is 0 Å². The fourth-order valence-corrected chi connectivity index (χ4v) is 3.10. The van der Waals surface area contributed by atoms with Crippen LogP contribution in [0.15, 0.2) is 18.2 Å². The molecule has 0 aliphatic carbocycles. The summed E-state index contributed by atoms with van der Waals surface area (Å²) in [5.74, 6) is 0.905. The second-order valence-corrected chi connectivity index (χ2v) is 6.53. The van der Waals surface area contributed by atoms with Gasteiger partial charge >= 0.3 is 0 Å². The summed E-state index contributed by atoms with van der Waals surface area (Å²) < 4.78 is 5.72. The van der Waals surface area contributed by atoms with Crippen molar-refractivity contribution in [1.82, 2.24) is 4.90 Å². The van der Waals surface area contributed by atoms with Crippen LogP contribution in [0.4, 0.5) is 11.4 Å². The highest BCUT2D eigenvalue weighted by Crippen LogP contribution is 2.33. The van der Waals surface area contributed by atoms with Crippen molar-refractivity contribution in [3.63, 3.8) is 0 Å². The first-order chi connectivity index (χ1) is 11.6. The molecular formula is C18H33N4O2+. The Morgan fingerprint density at radius 1 is 1.33 bits per heavy atom. The third kappa shape index (κ3) is 5.54. The number of fused-ring (bicyclic) bond motifs is 1. The quantitative estimate of drug-likeness (QED) is 0.511. The molecular weight excluding hydrogens is 304 g/mol. The summed E-state index contributed by atoms with van der Waals surface area (Å²) in [5.41, 5.74) is 7.75. The molecule has 1 unspecified atom stereocenters. The predicted molar refractivity (Wildman–Crippen MR) is 99.0 cm³/mol. The number of nitrogens with one attached hydrogen (secondary N) is 1. The number of anilines is 2. The molecule has 0 amide bonds. The van der Waals surface area contributed by atoms with Gasteiger partial charge in [0, 0.05) is 31.4 Å². The maximum atomic E-state index is 8.98. The molecule has 6 heteroatoms. The largest absolute Gasteiger partial charge is 0.489 e. The first kappa shape index (κ1) is 18.8. The van der Waals surface area contributed by atoms with Gasteiger partial charge in [-0.1, -0.05) is 6.92 Å². The number of aliphatic hydroxyl groups is 1. The Bertz CT molecular complexity index is 498. The van der Waals surface area contributed by atoms with Crippen LogP contribution < -0.4 is 20.3 Å². The zero-order chi connectivity index (χ0) is 17.4. The summed E-state index contributed by atoms with van der Waals surface area (Å²) in [6, 6.07) is 5.92. The molecule has 0 spiro atoms. The molecule has 0 saturated carbocycles. The zero-order valence-corrected chi connectivity index (χ0v) is 15.1. The molecule has 0 fully saturated rings. The van der Waals surface area contributed by atoms with E-state index in [4.69, 9.17) is 15.6 Å². The highest BCUT2D eigenvalue weighted by molar-refractivity contribution is 5.65. The molecule has 1 aromatic carbocycles. The molecule has 24 heavy (non-hydrogen) atoms. The first-order valence-electron chi connectivity index (χ1n) is 9.05. The molecule has 6 nitrogen and oxygen atoms in total. The number of nitrogens with zero attached hydrogens (tertiary/aromatic N) is 2. The molecule has 1 atom stereocenters. The third-order valence-corrected chi connectivity index (χ3v) is 4.69. The van der Waals surface area contributed by atoms with Gasteiger partial charge in [-0.3, -0.25) is 4.90 Å². The van der Waals surface area contributed by atoms with Gasteiger partial charge in [0.15, 0.2) is 0 Å². The smallest absolute Gasteiger partial charge is 0.144 e. The maximum absolute atomic E-state index is 8.98. The summed E-state index contributed by atoms with van der Waals surface area (Å²) in [5, 5.41) is 8.98. The number of ether oxygens (including phenoxy) is 1. The minimum atomic E-state index is 0.263. The number of likely N-dealkylation sites (N-methyl/N-ethyl adjacent to an activating group) is 2. The number of hydrogen-bond donors (Lipinski definition) is 3. The number of nitrogens with two attached hydrogens (primary N) is 1. The van der Waals surface area contributed by atoms with Crippen molar-refractivity contribution in [2.75, 3.05) is 76.7 Å². The summed E-state index contributed by atoms with van der Waals surface area (Å²) in [6.07, 6.45) is 1.14. The predicted octanol–water partition coefficient (Wildman–Crippen LogP) is -0.313. The van der Waals surface area contributed by atoms with Crippen LogP contribution in [-0.4, -0.2) is 76.1 Å². The molecule has 0 saturated heterocycles. The van der Waals surface area contributed by atoms with Crippen LogP contribution in [0.3, 0.4) is 0 Å². The molecule has 1 aliphatic heterocycles. The Labute approximate surface area is 145 Å². The van der Waals surface area contributed by atoms with E-state index in [0.29, 0.717) is 0 Å². The number of rotatable bonds is 10. The lowest BCUT2D eigenvalue weighted by Crippen LogP contribution is -3.10. The van der Waals surface area contributed by atoms with Crippen LogP contribution in [0.2, 0.25) is 0 Å². The van der Waals surface area contributed by atoms with Gasteiger partial charge in [0.05, 0.1) is 32.4 Å². The van der Waals surface area contributed by atoms with Gasteiger partial charge in [-0.25, -0.2) is 0 Å². The molecule has 2 rings (SSSR count). The lowest BCUT2D eigenvalue weighted by molar-refractivity contribution is -0.879. The highest BCUT2D eigenvalue weighted by atomic mass is 16.5. The Hall–Kier alpha value is -1.50.